The maximum absolute atomic E-state index is 6.53. The summed E-state index contributed by atoms with van der Waals surface area (Å²) in [6.45, 7) is 0. The van der Waals surface area contributed by atoms with Gasteiger partial charge in [0.05, 0.1) is 29.5 Å². The molecule has 0 radical (unpaired) electrons. The Labute approximate surface area is 332 Å². The molecule has 0 spiro atoms. The normalized spacial score (nSPS) is 17.4. The molecule has 3 aromatic heterocycles. The second-order valence-electron chi connectivity index (χ2n) is 15.1. The quantitative estimate of drug-likeness (QED) is 0.164. The number of aromatic nitrogens is 1. The van der Waals surface area contributed by atoms with Crippen molar-refractivity contribution in [2.75, 3.05) is 0 Å². The van der Waals surface area contributed by atoms with Crippen LogP contribution in [0.25, 0.3) is 80.7 Å². The number of hydrogen-bond donors (Lipinski definition) is 3. The zero-order valence-corrected chi connectivity index (χ0v) is 31.6. The fraction of sp³-hybridized carbons (Fsp3) is 0.0588. The second-order valence-corrected chi connectivity index (χ2v) is 16.1. The minimum Gasteiger partial charge on any atom is -0.456 e. The van der Waals surface area contributed by atoms with Crippen molar-refractivity contribution < 1.29 is 4.42 Å². The third-order valence-corrected chi connectivity index (χ3v) is 12.9. The number of benzene rings is 8. The summed E-state index contributed by atoms with van der Waals surface area (Å²) in [5.74, 6) is 0. The maximum atomic E-state index is 6.53. The van der Waals surface area contributed by atoms with E-state index in [4.69, 9.17) is 4.42 Å². The van der Waals surface area contributed by atoms with Gasteiger partial charge in [-0.25, -0.2) is 0 Å². The van der Waals surface area contributed by atoms with Gasteiger partial charge in [-0.2, -0.15) is 0 Å². The van der Waals surface area contributed by atoms with Crippen LogP contribution in [0.1, 0.15) is 35.2 Å². The van der Waals surface area contributed by atoms with Gasteiger partial charge in [0.15, 0.2) is 0 Å². The monoisotopic (exact) mass is 752 g/mol. The molecule has 0 aliphatic carbocycles. The lowest BCUT2D eigenvalue weighted by molar-refractivity contribution is 0.203. The second kappa shape index (κ2) is 13.0. The zero-order chi connectivity index (χ0) is 37.5. The molecule has 3 N–H and O–H groups in total. The molecule has 2 atom stereocenters. The number of hydrogen-bond acceptors (Lipinski definition) is 5. The number of nitrogens with zero attached hydrogens (tertiary/aromatic N) is 1. The number of fused-ring (bicyclic) bond motifs is 9. The summed E-state index contributed by atoms with van der Waals surface area (Å²) in [5, 5.41) is 18.7. The summed E-state index contributed by atoms with van der Waals surface area (Å²) in [6.07, 6.45) is -0.158. The van der Waals surface area contributed by atoms with Gasteiger partial charge in [0.2, 0.25) is 0 Å². The number of furan rings is 1. The van der Waals surface area contributed by atoms with Crippen molar-refractivity contribution >= 4 is 75.3 Å². The van der Waals surface area contributed by atoms with Crippen LogP contribution in [0.3, 0.4) is 0 Å². The first-order valence-corrected chi connectivity index (χ1v) is 20.3. The SMILES string of the molecule is c1ccc(C2NC(c3ccccc3)NC(c3ccc4c(c3)oc3ccc(-c5ccc6c(c5)sc5ccc(-n7c8ccccc8c8ccccc87)cc56)cc34)N2)cc1. The molecule has 0 amide bonds. The van der Waals surface area contributed by atoms with Crippen LogP contribution in [0, 0.1) is 0 Å². The first-order chi connectivity index (χ1) is 28.2. The first-order valence-electron chi connectivity index (χ1n) is 19.5. The predicted octanol–water partition coefficient (Wildman–Crippen LogP) is 12.9. The number of thiophene rings is 1. The minimum absolute atomic E-state index is 0.0306. The molecule has 12 rings (SSSR count). The smallest absolute Gasteiger partial charge is 0.135 e. The zero-order valence-electron chi connectivity index (χ0n) is 30.8. The highest BCUT2D eigenvalue weighted by Crippen LogP contribution is 2.41. The van der Waals surface area contributed by atoms with Gasteiger partial charge in [0, 0.05) is 47.4 Å². The maximum Gasteiger partial charge on any atom is 0.135 e. The molecule has 57 heavy (non-hydrogen) atoms. The fourth-order valence-corrected chi connectivity index (χ4v) is 10.1. The molecule has 5 nitrogen and oxygen atoms in total. The Bertz CT molecular complexity index is 3210. The largest absolute Gasteiger partial charge is 0.456 e. The van der Waals surface area contributed by atoms with Gasteiger partial charge >= 0.3 is 0 Å². The van der Waals surface area contributed by atoms with E-state index in [1.165, 1.54) is 69.9 Å². The van der Waals surface area contributed by atoms with Crippen molar-refractivity contribution in [1.82, 2.24) is 20.5 Å². The van der Waals surface area contributed by atoms with Gasteiger partial charge in [0.25, 0.3) is 0 Å². The molecule has 6 heteroatoms. The van der Waals surface area contributed by atoms with Crippen LogP contribution in [0.2, 0.25) is 0 Å². The summed E-state index contributed by atoms with van der Waals surface area (Å²) in [6, 6.07) is 65.6. The van der Waals surface area contributed by atoms with Crippen molar-refractivity contribution in [1.29, 1.82) is 0 Å². The molecule has 1 aliphatic rings. The Morgan fingerprint density at radius 2 is 0.982 bits per heavy atom. The van der Waals surface area contributed by atoms with E-state index in [0.29, 0.717) is 0 Å². The fourth-order valence-electron chi connectivity index (χ4n) is 8.95. The van der Waals surface area contributed by atoms with E-state index in [-0.39, 0.29) is 18.5 Å². The van der Waals surface area contributed by atoms with Gasteiger partial charge in [0.1, 0.15) is 11.2 Å². The Morgan fingerprint density at radius 3 is 1.68 bits per heavy atom. The highest BCUT2D eigenvalue weighted by molar-refractivity contribution is 7.25. The standard InChI is InChI=1S/C51H36N4OS/c1-3-11-31(12-4-1)49-52-50(32-13-5-2-6-14-32)54-51(53-49)35-20-23-39-41-27-33(21-25-45(41)56-46(39)28-35)34-19-24-40-42-30-36(22-26-47(42)57-48(40)29-34)55-43-17-9-7-15-37(43)38-16-8-10-18-44(38)55/h1-30,49-54H. The van der Waals surface area contributed by atoms with E-state index in [1.54, 1.807) is 0 Å². The Morgan fingerprint density at radius 1 is 0.386 bits per heavy atom. The minimum atomic E-state index is -0.0964. The van der Waals surface area contributed by atoms with Crippen LogP contribution in [0.15, 0.2) is 186 Å². The summed E-state index contributed by atoms with van der Waals surface area (Å²) in [7, 11) is 0. The van der Waals surface area contributed by atoms with E-state index in [9.17, 15) is 0 Å². The predicted molar refractivity (Wildman–Crippen MR) is 237 cm³/mol. The number of para-hydroxylation sites is 2. The van der Waals surface area contributed by atoms with Gasteiger partial charge in [-0.1, -0.05) is 127 Å². The highest BCUT2D eigenvalue weighted by atomic mass is 32.1. The molecule has 8 aromatic carbocycles. The Hall–Kier alpha value is -6.54. The number of nitrogens with one attached hydrogen (secondary N) is 3. The Kier molecular flexibility index (Phi) is 7.46. The van der Waals surface area contributed by atoms with Gasteiger partial charge in [-0.05, 0) is 82.4 Å². The lowest BCUT2D eigenvalue weighted by Crippen LogP contribution is -2.54. The van der Waals surface area contributed by atoms with Crippen LogP contribution in [0.5, 0.6) is 0 Å². The van der Waals surface area contributed by atoms with Gasteiger partial charge in [-0.15, -0.1) is 11.3 Å². The van der Waals surface area contributed by atoms with Crippen molar-refractivity contribution in [3.63, 3.8) is 0 Å². The molecule has 1 saturated heterocycles. The summed E-state index contributed by atoms with van der Waals surface area (Å²) >= 11 is 1.86. The molecular formula is C51H36N4OS. The average Bonchev–Trinajstić information content (AvgIpc) is 3.95. The molecule has 1 fully saturated rings. The van der Waals surface area contributed by atoms with E-state index in [0.717, 1.165) is 27.5 Å². The van der Waals surface area contributed by atoms with Crippen molar-refractivity contribution in [3.8, 4) is 16.8 Å². The third-order valence-electron chi connectivity index (χ3n) is 11.7. The van der Waals surface area contributed by atoms with Crippen LogP contribution < -0.4 is 16.0 Å². The third kappa shape index (κ3) is 5.41. The molecule has 1 aliphatic heterocycles. The van der Waals surface area contributed by atoms with E-state index in [1.807, 2.05) is 11.3 Å². The number of rotatable bonds is 5. The van der Waals surface area contributed by atoms with Crippen LogP contribution in [0.4, 0.5) is 0 Å². The lowest BCUT2D eigenvalue weighted by Gasteiger charge is -2.39. The van der Waals surface area contributed by atoms with Crippen molar-refractivity contribution in [2.24, 2.45) is 0 Å². The average molecular weight is 753 g/mol. The summed E-state index contributed by atoms with van der Waals surface area (Å²) < 4.78 is 11.5. The summed E-state index contributed by atoms with van der Waals surface area (Å²) in [4.78, 5) is 0. The van der Waals surface area contributed by atoms with E-state index < -0.39 is 0 Å². The van der Waals surface area contributed by atoms with Crippen molar-refractivity contribution in [2.45, 2.75) is 18.5 Å². The molecule has 2 unspecified atom stereocenters. The Balaban J connectivity index is 0.887. The van der Waals surface area contributed by atoms with E-state index in [2.05, 4.69) is 203 Å². The first kappa shape index (κ1) is 32.7. The molecule has 272 valence electrons. The molecular weight excluding hydrogens is 717 g/mol. The van der Waals surface area contributed by atoms with Gasteiger partial charge in [-0.3, -0.25) is 16.0 Å². The summed E-state index contributed by atoms with van der Waals surface area (Å²) in [5.41, 5.74) is 11.3. The van der Waals surface area contributed by atoms with Crippen LogP contribution in [-0.2, 0) is 0 Å². The highest BCUT2D eigenvalue weighted by Gasteiger charge is 2.30. The molecule has 4 heterocycles. The van der Waals surface area contributed by atoms with Crippen molar-refractivity contribution in [3.05, 3.63) is 199 Å². The molecule has 0 saturated carbocycles. The molecule has 11 aromatic rings. The molecule has 0 bridgehead atoms. The van der Waals surface area contributed by atoms with Crippen LogP contribution in [-0.4, -0.2) is 4.57 Å². The van der Waals surface area contributed by atoms with Gasteiger partial charge < -0.3 is 8.98 Å². The van der Waals surface area contributed by atoms with Crippen LogP contribution >= 0.6 is 11.3 Å². The van der Waals surface area contributed by atoms with E-state index >= 15 is 0 Å². The lowest BCUT2D eigenvalue weighted by atomic mass is 10.0. The topological polar surface area (TPSA) is 54.2 Å².